The molecule has 3 saturated carbocycles. The third kappa shape index (κ3) is 3.23. The van der Waals surface area contributed by atoms with Crippen molar-refractivity contribution in [2.45, 2.75) is 76.4 Å². The molecule has 0 spiro atoms. The molecule has 0 amide bonds. The monoisotopic (exact) mass is 236 g/mol. The van der Waals surface area contributed by atoms with Gasteiger partial charge >= 0.3 is 0 Å². The van der Waals surface area contributed by atoms with Crippen molar-refractivity contribution in [2.24, 2.45) is 5.92 Å². The van der Waals surface area contributed by atoms with E-state index < -0.39 is 0 Å². The summed E-state index contributed by atoms with van der Waals surface area (Å²) in [4.78, 5) is 2.90. The lowest BCUT2D eigenvalue weighted by Gasteiger charge is -2.38. The van der Waals surface area contributed by atoms with Crippen LogP contribution in [0.1, 0.15) is 58.3 Å². The number of hydrogen-bond donors (Lipinski definition) is 1. The molecule has 0 aromatic rings. The molecule has 2 nitrogen and oxygen atoms in total. The molecule has 98 valence electrons. The molecule has 0 aromatic heterocycles. The van der Waals surface area contributed by atoms with Crippen LogP contribution in [0, 0.1) is 5.92 Å². The summed E-state index contributed by atoms with van der Waals surface area (Å²) < 4.78 is 0. The van der Waals surface area contributed by atoms with Gasteiger partial charge in [0, 0.05) is 24.7 Å². The van der Waals surface area contributed by atoms with Gasteiger partial charge in [0.1, 0.15) is 0 Å². The van der Waals surface area contributed by atoms with Crippen LogP contribution in [0.5, 0.6) is 0 Å². The van der Waals surface area contributed by atoms with E-state index in [4.69, 9.17) is 0 Å². The molecule has 17 heavy (non-hydrogen) atoms. The molecule has 3 aliphatic carbocycles. The topological polar surface area (TPSA) is 15.3 Å². The van der Waals surface area contributed by atoms with E-state index in [1.54, 1.807) is 0 Å². The molecular weight excluding hydrogens is 208 g/mol. The van der Waals surface area contributed by atoms with Gasteiger partial charge in [-0.3, -0.25) is 4.90 Å². The number of rotatable bonds is 6. The highest BCUT2D eigenvalue weighted by molar-refractivity contribution is 4.94. The van der Waals surface area contributed by atoms with E-state index in [2.05, 4.69) is 17.1 Å². The van der Waals surface area contributed by atoms with Gasteiger partial charge in [0.25, 0.3) is 0 Å². The third-order valence-corrected chi connectivity index (χ3v) is 4.79. The van der Waals surface area contributed by atoms with Crippen LogP contribution < -0.4 is 5.32 Å². The summed E-state index contributed by atoms with van der Waals surface area (Å²) in [5.74, 6) is 1.06. The van der Waals surface area contributed by atoms with Crippen molar-refractivity contribution in [3.8, 4) is 0 Å². The summed E-state index contributed by atoms with van der Waals surface area (Å²) in [6, 6.07) is 2.68. The lowest BCUT2D eigenvalue weighted by molar-refractivity contribution is 0.126. The summed E-state index contributed by atoms with van der Waals surface area (Å²) in [6.45, 7) is 4.81. The normalized spacial score (nSPS) is 34.2. The predicted octanol–water partition coefficient (Wildman–Crippen LogP) is 2.78. The van der Waals surface area contributed by atoms with Crippen LogP contribution in [-0.2, 0) is 0 Å². The Morgan fingerprint density at radius 2 is 1.82 bits per heavy atom. The van der Waals surface area contributed by atoms with Gasteiger partial charge in [-0.05, 0) is 57.4 Å². The van der Waals surface area contributed by atoms with Gasteiger partial charge in [-0.2, -0.15) is 0 Å². The van der Waals surface area contributed by atoms with E-state index in [-0.39, 0.29) is 0 Å². The van der Waals surface area contributed by atoms with E-state index in [9.17, 15) is 0 Å². The van der Waals surface area contributed by atoms with Crippen molar-refractivity contribution < 1.29 is 0 Å². The van der Waals surface area contributed by atoms with Crippen molar-refractivity contribution >= 4 is 0 Å². The molecule has 3 fully saturated rings. The molecule has 3 aliphatic rings. The number of hydrogen-bond acceptors (Lipinski definition) is 2. The van der Waals surface area contributed by atoms with Gasteiger partial charge in [-0.15, -0.1) is 0 Å². The van der Waals surface area contributed by atoms with Crippen LogP contribution >= 0.6 is 0 Å². The van der Waals surface area contributed by atoms with Crippen molar-refractivity contribution in [1.29, 1.82) is 0 Å². The Balaban J connectivity index is 1.55. The summed E-state index contributed by atoms with van der Waals surface area (Å²) in [6.07, 6.45) is 11.7. The molecule has 0 aliphatic heterocycles. The Labute approximate surface area is 106 Å². The first kappa shape index (κ1) is 12.0. The highest BCUT2D eigenvalue weighted by Gasteiger charge is 2.38. The smallest absolute Gasteiger partial charge is 0.0113 e. The number of nitrogens with one attached hydrogen (secondary N) is 1. The van der Waals surface area contributed by atoms with E-state index >= 15 is 0 Å². The van der Waals surface area contributed by atoms with Crippen LogP contribution in [-0.4, -0.2) is 36.1 Å². The summed E-state index contributed by atoms with van der Waals surface area (Å²) >= 11 is 0. The Morgan fingerprint density at radius 3 is 2.47 bits per heavy atom. The van der Waals surface area contributed by atoms with Gasteiger partial charge in [-0.1, -0.05) is 13.3 Å². The Hall–Kier alpha value is -0.0800. The molecule has 3 rings (SSSR count). The first-order valence-electron chi connectivity index (χ1n) is 7.86. The first-order valence-corrected chi connectivity index (χ1v) is 7.86. The molecule has 2 atom stereocenters. The van der Waals surface area contributed by atoms with Gasteiger partial charge in [-0.25, -0.2) is 0 Å². The van der Waals surface area contributed by atoms with Crippen LogP contribution in [0.3, 0.4) is 0 Å². The summed E-state index contributed by atoms with van der Waals surface area (Å²) in [7, 11) is 0. The van der Waals surface area contributed by atoms with Crippen LogP contribution in [0.4, 0.5) is 0 Å². The highest BCUT2D eigenvalue weighted by Crippen LogP contribution is 2.38. The number of nitrogens with zero attached hydrogens (tertiary/aromatic N) is 1. The Kier molecular flexibility index (Phi) is 3.72. The second-order valence-electron chi connectivity index (χ2n) is 6.45. The van der Waals surface area contributed by atoms with E-state index in [0.29, 0.717) is 0 Å². The van der Waals surface area contributed by atoms with Crippen LogP contribution in [0.15, 0.2) is 0 Å². The zero-order valence-corrected chi connectivity index (χ0v) is 11.3. The van der Waals surface area contributed by atoms with E-state index in [0.717, 1.165) is 30.6 Å². The van der Waals surface area contributed by atoms with Crippen LogP contribution in [0.2, 0.25) is 0 Å². The lowest BCUT2D eigenvalue weighted by Crippen LogP contribution is -2.46. The zero-order valence-electron chi connectivity index (χ0n) is 11.3. The maximum Gasteiger partial charge on any atom is 0.0113 e. The van der Waals surface area contributed by atoms with Crippen molar-refractivity contribution in [2.75, 3.05) is 13.1 Å². The predicted molar refractivity (Wildman–Crippen MR) is 72.2 cm³/mol. The van der Waals surface area contributed by atoms with Gasteiger partial charge < -0.3 is 5.32 Å². The molecule has 0 saturated heterocycles. The summed E-state index contributed by atoms with van der Waals surface area (Å²) in [5.41, 5.74) is 0. The molecule has 0 radical (unpaired) electrons. The molecule has 2 heteroatoms. The summed E-state index contributed by atoms with van der Waals surface area (Å²) in [5, 5.41) is 3.67. The average molecular weight is 236 g/mol. The van der Waals surface area contributed by atoms with Crippen LogP contribution in [0.25, 0.3) is 0 Å². The zero-order chi connectivity index (χ0) is 11.7. The lowest BCUT2D eigenvalue weighted by atomic mass is 9.89. The third-order valence-electron chi connectivity index (χ3n) is 4.79. The van der Waals surface area contributed by atoms with Gasteiger partial charge in [0.15, 0.2) is 0 Å². The SMILES string of the molecule is CCNC1CCCC(N(CC2CC2)C2CC2)C1. The fraction of sp³-hybridized carbons (Fsp3) is 1.00. The minimum Gasteiger partial charge on any atom is -0.314 e. The minimum absolute atomic E-state index is 0.805. The Bertz CT molecular complexity index is 243. The average Bonchev–Trinajstić information content (AvgIpc) is 3.20. The highest BCUT2D eigenvalue weighted by atomic mass is 15.2. The van der Waals surface area contributed by atoms with E-state index in [1.165, 1.54) is 57.9 Å². The molecule has 0 aromatic carbocycles. The fourth-order valence-electron chi connectivity index (χ4n) is 3.54. The largest absolute Gasteiger partial charge is 0.314 e. The maximum absolute atomic E-state index is 3.67. The van der Waals surface area contributed by atoms with Gasteiger partial charge in [0.05, 0.1) is 0 Å². The second-order valence-corrected chi connectivity index (χ2v) is 6.45. The molecule has 0 bridgehead atoms. The maximum atomic E-state index is 3.67. The fourth-order valence-corrected chi connectivity index (χ4v) is 3.54. The van der Waals surface area contributed by atoms with E-state index in [1.807, 2.05) is 0 Å². The molecule has 1 N–H and O–H groups in total. The van der Waals surface area contributed by atoms with Crippen molar-refractivity contribution in [1.82, 2.24) is 10.2 Å². The second kappa shape index (κ2) is 5.27. The molecule has 0 heterocycles. The first-order chi connectivity index (χ1) is 8.36. The van der Waals surface area contributed by atoms with Crippen molar-refractivity contribution in [3.05, 3.63) is 0 Å². The molecule has 2 unspecified atom stereocenters. The van der Waals surface area contributed by atoms with Crippen molar-refractivity contribution in [3.63, 3.8) is 0 Å². The minimum atomic E-state index is 0.805. The Morgan fingerprint density at radius 1 is 1.00 bits per heavy atom. The van der Waals surface area contributed by atoms with Gasteiger partial charge in [0.2, 0.25) is 0 Å². The molecular formula is C15H28N2. The standard InChI is InChI=1S/C15H28N2/c1-2-16-13-4-3-5-15(10-13)17(14-8-9-14)11-12-6-7-12/h12-16H,2-11H2,1H3. The quantitative estimate of drug-likeness (QED) is 0.763.